The average molecular weight is 247 g/mol. The fourth-order valence-corrected chi connectivity index (χ4v) is 1.42. The van der Waals surface area contributed by atoms with Crippen LogP contribution in [0.15, 0.2) is 24.3 Å². The van der Waals surface area contributed by atoms with E-state index < -0.39 is 0 Å². The van der Waals surface area contributed by atoms with E-state index in [0.29, 0.717) is 6.54 Å². The van der Waals surface area contributed by atoms with Crippen LogP contribution in [0.3, 0.4) is 0 Å². The molecule has 4 N–H and O–H groups in total. The van der Waals surface area contributed by atoms with Gasteiger partial charge in [-0.3, -0.25) is 9.89 Å². The van der Waals surface area contributed by atoms with Crippen molar-refractivity contribution in [3.63, 3.8) is 0 Å². The van der Waals surface area contributed by atoms with Crippen molar-refractivity contribution < 1.29 is 9.53 Å². The number of H-pyrrole nitrogens is 1. The summed E-state index contributed by atoms with van der Waals surface area (Å²) in [5.74, 6) is 0.518. The molecule has 1 aromatic heterocycles. The fraction of sp³-hybridized carbons (Fsp3) is 0.182. The van der Waals surface area contributed by atoms with Gasteiger partial charge in [0.05, 0.1) is 7.11 Å². The van der Waals surface area contributed by atoms with Crippen molar-refractivity contribution >= 4 is 11.9 Å². The Balaban J connectivity index is 1.97. The number of nitrogens with zero attached hydrogens (tertiary/aromatic N) is 2. The number of amides is 1. The van der Waals surface area contributed by atoms with Crippen molar-refractivity contribution in [3.05, 3.63) is 35.7 Å². The van der Waals surface area contributed by atoms with Crippen LogP contribution in [0.25, 0.3) is 0 Å². The molecule has 0 aliphatic rings. The van der Waals surface area contributed by atoms with Crippen LogP contribution in [0.2, 0.25) is 0 Å². The Hall–Kier alpha value is -2.57. The molecule has 2 aromatic rings. The molecule has 0 spiro atoms. The molecule has 7 nitrogen and oxygen atoms in total. The third-order valence-corrected chi connectivity index (χ3v) is 2.31. The number of nitrogen functional groups attached to an aromatic ring is 1. The van der Waals surface area contributed by atoms with Crippen molar-refractivity contribution in [2.24, 2.45) is 0 Å². The first-order chi connectivity index (χ1) is 8.69. The summed E-state index contributed by atoms with van der Waals surface area (Å²) in [5, 5.41) is 8.72. The highest BCUT2D eigenvalue weighted by molar-refractivity contribution is 5.90. The minimum Gasteiger partial charge on any atom is -0.497 e. The van der Waals surface area contributed by atoms with Crippen LogP contribution in [0.5, 0.6) is 5.75 Å². The topological polar surface area (TPSA) is 106 Å². The second-order valence-electron chi connectivity index (χ2n) is 3.58. The third-order valence-electron chi connectivity index (χ3n) is 2.31. The number of carbonyl (C=O) groups excluding carboxylic acids is 1. The summed E-state index contributed by atoms with van der Waals surface area (Å²) in [6.07, 6.45) is 0. The van der Waals surface area contributed by atoms with Crippen molar-refractivity contribution in [2.75, 3.05) is 12.8 Å². The molecule has 7 heteroatoms. The Kier molecular flexibility index (Phi) is 3.42. The highest BCUT2D eigenvalue weighted by Crippen LogP contribution is 2.12. The van der Waals surface area contributed by atoms with E-state index in [1.54, 1.807) is 7.11 Å². The summed E-state index contributed by atoms with van der Waals surface area (Å²) in [4.78, 5) is 15.4. The number of benzene rings is 1. The molecule has 2 rings (SSSR count). The summed E-state index contributed by atoms with van der Waals surface area (Å²) >= 11 is 0. The zero-order chi connectivity index (χ0) is 13.0. The summed E-state index contributed by atoms with van der Waals surface area (Å²) in [5.41, 5.74) is 6.24. The molecule has 0 saturated heterocycles. The molecule has 94 valence electrons. The minimum atomic E-state index is -0.359. The van der Waals surface area contributed by atoms with Gasteiger partial charge in [-0.05, 0) is 17.7 Å². The number of nitrogens with one attached hydrogen (secondary N) is 2. The van der Waals surface area contributed by atoms with E-state index in [2.05, 4.69) is 20.5 Å². The van der Waals surface area contributed by atoms with Gasteiger partial charge in [-0.1, -0.05) is 12.1 Å². The van der Waals surface area contributed by atoms with Crippen LogP contribution in [0.1, 0.15) is 16.2 Å². The number of nitrogens with two attached hydrogens (primary N) is 1. The zero-order valence-electron chi connectivity index (χ0n) is 9.80. The number of methoxy groups -OCH3 is 1. The summed E-state index contributed by atoms with van der Waals surface area (Å²) in [6.45, 7) is 0.372. The summed E-state index contributed by atoms with van der Waals surface area (Å²) in [7, 11) is 1.59. The number of anilines is 1. The van der Waals surface area contributed by atoms with Crippen LogP contribution in [-0.2, 0) is 6.54 Å². The second-order valence-corrected chi connectivity index (χ2v) is 3.58. The molecule has 18 heavy (non-hydrogen) atoms. The van der Waals surface area contributed by atoms with Gasteiger partial charge in [-0.15, -0.1) is 5.10 Å². The van der Waals surface area contributed by atoms with Gasteiger partial charge in [0.15, 0.2) is 0 Å². The molecule has 1 amide bonds. The predicted molar refractivity (Wildman–Crippen MR) is 65.0 cm³/mol. The number of aromatic amines is 1. The molecular formula is C11H13N5O2. The number of rotatable bonds is 4. The lowest BCUT2D eigenvalue weighted by Gasteiger charge is -2.05. The molecule has 0 radical (unpaired) electrons. The Morgan fingerprint density at radius 3 is 3.06 bits per heavy atom. The van der Waals surface area contributed by atoms with Gasteiger partial charge in [-0.2, -0.15) is 4.98 Å². The zero-order valence-corrected chi connectivity index (χ0v) is 9.80. The number of carbonyl (C=O) groups is 1. The average Bonchev–Trinajstić information content (AvgIpc) is 2.83. The fourth-order valence-electron chi connectivity index (χ4n) is 1.42. The molecule has 0 bridgehead atoms. The lowest BCUT2D eigenvalue weighted by Crippen LogP contribution is -2.24. The van der Waals surface area contributed by atoms with E-state index in [4.69, 9.17) is 10.5 Å². The summed E-state index contributed by atoms with van der Waals surface area (Å²) < 4.78 is 5.09. The molecule has 1 aromatic carbocycles. The maximum atomic E-state index is 11.7. The van der Waals surface area contributed by atoms with Gasteiger partial charge in [0.25, 0.3) is 5.91 Å². The molecule has 0 saturated carbocycles. The lowest BCUT2D eigenvalue weighted by molar-refractivity contribution is 0.0941. The van der Waals surface area contributed by atoms with Gasteiger partial charge in [0.2, 0.25) is 11.8 Å². The van der Waals surface area contributed by atoms with Crippen molar-refractivity contribution in [3.8, 4) is 5.75 Å². The third kappa shape index (κ3) is 2.76. The smallest absolute Gasteiger partial charge is 0.288 e. The van der Waals surface area contributed by atoms with Crippen LogP contribution >= 0.6 is 0 Å². The molecule has 0 aliphatic carbocycles. The van der Waals surface area contributed by atoms with Gasteiger partial charge in [0.1, 0.15) is 5.75 Å². The van der Waals surface area contributed by atoms with Gasteiger partial charge >= 0.3 is 0 Å². The highest BCUT2D eigenvalue weighted by atomic mass is 16.5. The quantitative estimate of drug-likeness (QED) is 0.721. The predicted octanol–water partition coefficient (Wildman–Crippen LogP) is 0.325. The van der Waals surface area contributed by atoms with Crippen LogP contribution in [-0.4, -0.2) is 28.2 Å². The monoisotopic (exact) mass is 247 g/mol. The van der Waals surface area contributed by atoms with E-state index in [-0.39, 0.29) is 17.7 Å². The van der Waals surface area contributed by atoms with Crippen LogP contribution in [0.4, 0.5) is 5.95 Å². The maximum absolute atomic E-state index is 11.7. The first-order valence-electron chi connectivity index (χ1n) is 5.28. The van der Waals surface area contributed by atoms with E-state index >= 15 is 0 Å². The minimum absolute atomic E-state index is 0.0431. The normalized spacial score (nSPS) is 10.1. The molecule has 0 unspecified atom stereocenters. The summed E-state index contributed by atoms with van der Waals surface area (Å²) in [6, 6.07) is 7.42. The van der Waals surface area contributed by atoms with Gasteiger partial charge in [0, 0.05) is 6.54 Å². The number of hydrogen-bond donors (Lipinski definition) is 3. The number of ether oxygens (including phenoxy) is 1. The van der Waals surface area contributed by atoms with E-state index in [0.717, 1.165) is 11.3 Å². The first kappa shape index (κ1) is 11.9. The highest BCUT2D eigenvalue weighted by Gasteiger charge is 2.09. The van der Waals surface area contributed by atoms with E-state index in [1.807, 2.05) is 24.3 Å². The van der Waals surface area contributed by atoms with Gasteiger partial charge in [-0.25, -0.2) is 0 Å². The Labute approximate surface area is 103 Å². The molecule has 0 aliphatic heterocycles. The second kappa shape index (κ2) is 5.17. The lowest BCUT2D eigenvalue weighted by atomic mass is 10.2. The largest absolute Gasteiger partial charge is 0.497 e. The van der Waals surface area contributed by atoms with Crippen molar-refractivity contribution in [1.29, 1.82) is 0 Å². The number of hydrogen-bond acceptors (Lipinski definition) is 5. The van der Waals surface area contributed by atoms with E-state index in [9.17, 15) is 4.79 Å². The Morgan fingerprint density at radius 1 is 1.56 bits per heavy atom. The SMILES string of the molecule is COc1cccc(CNC(=O)c2nc(N)n[nH]2)c1. The van der Waals surface area contributed by atoms with Crippen molar-refractivity contribution in [1.82, 2.24) is 20.5 Å². The van der Waals surface area contributed by atoms with Crippen LogP contribution in [0, 0.1) is 0 Å². The van der Waals surface area contributed by atoms with E-state index in [1.165, 1.54) is 0 Å². The molecule has 1 heterocycles. The first-order valence-corrected chi connectivity index (χ1v) is 5.28. The Bertz CT molecular complexity index is 552. The number of aromatic nitrogens is 3. The van der Waals surface area contributed by atoms with Crippen molar-refractivity contribution in [2.45, 2.75) is 6.54 Å². The Morgan fingerprint density at radius 2 is 2.39 bits per heavy atom. The molecular weight excluding hydrogens is 234 g/mol. The standard InChI is InChI=1S/C11H13N5O2/c1-18-8-4-2-3-7(5-8)6-13-10(17)9-14-11(12)16-15-9/h2-5H,6H2,1H3,(H,13,17)(H3,12,14,15,16). The molecule has 0 atom stereocenters. The van der Waals surface area contributed by atoms with Crippen LogP contribution < -0.4 is 15.8 Å². The maximum Gasteiger partial charge on any atom is 0.288 e. The molecule has 0 fully saturated rings. The van der Waals surface area contributed by atoms with Gasteiger partial charge < -0.3 is 15.8 Å².